The zero-order valence-electron chi connectivity index (χ0n) is 22.0. The first kappa shape index (κ1) is 27.5. The van der Waals surface area contributed by atoms with Crippen LogP contribution in [0.1, 0.15) is 70.7 Å². The Kier molecular flexibility index (Phi) is 10.2. The minimum absolute atomic E-state index is 0.0771. The Morgan fingerprint density at radius 2 is 1.67 bits per heavy atom. The molecule has 1 atom stereocenters. The fourth-order valence-electron chi connectivity index (χ4n) is 4.54. The highest BCUT2D eigenvalue weighted by atomic mass is 19.1. The first-order valence-corrected chi connectivity index (χ1v) is 13.1. The summed E-state index contributed by atoms with van der Waals surface area (Å²) < 4.78 is 15.3. The topological polar surface area (TPSA) is 58.4 Å². The number of aromatic nitrogens is 2. The smallest absolute Gasteiger partial charge is 0.266 e. The van der Waals surface area contributed by atoms with Gasteiger partial charge in [0.05, 0.1) is 22.6 Å². The third kappa shape index (κ3) is 6.78. The molecule has 194 valence electrons. The molecule has 0 saturated carbocycles. The van der Waals surface area contributed by atoms with Gasteiger partial charge in [-0.05, 0) is 63.3 Å². The van der Waals surface area contributed by atoms with Gasteiger partial charge in [-0.2, -0.15) is 0 Å². The van der Waals surface area contributed by atoms with E-state index in [1.807, 2.05) is 44.1 Å². The van der Waals surface area contributed by atoms with Crippen LogP contribution < -0.4 is 5.56 Å². The molecular weight excluding hydrogens is 455 g/mol. The van der Waals surface area contributed by atoms with Crippen molar-refractivity contribution in [2.24, 2.45) is 0 Å². The molecule has 0 bridgehead atoms. The summed E-state index contributed by atoms with van der Waals surface area (Å²) >= 11 is 0. The molecule has 1 unspecified atom stereocenters. The van der Waals surface area contributed by atoms with Crippen LogP contribution in [-0.2, 0) is 4.79 Å². The molecule has 1 heterocycles. The van der Waals surface area contributed by atoms with Crippen LogP contribution in [0.2, 0.25) is 0 Å². The Bertz CT molecular complexity index is 1190. The van der Waals surface area contributed by atoms with Crippen LogP contribution in [0.3, 0.4) is 0 Å². The normalized spacial score (nSPS) is 12.3. The number of likely N-dealkylation sites (N-methyl/N-ethyl adjacent to an activating group) is 1. The van der Waals surface area contributed by atoms with E-state index in [9.17, 15) is 14.0 Å². The summed E-state index contributed by atoms with van der Waals surface area (Å²) in [6, 6.07) is 12.7. The highest BCUT2D eigenvalue weighted by Gasteiger charge is 2.28. The number of hydrogen-bond acceptors (Lipinski definition) is 4. The second-order valence-electron chi connectivity index (χ2n) is 9.58. The molecule has 36 heavy (non-hydrogen) atoms. The Hall–Kier alpha value is -3.06. The Morgan fingerprint density at radius 1 is 0.972 bits per heavy atom. The average molecular weight is 495 g/mol. The maximum atomic E-state index is 13.7. The monoisotopic (exact) mass is 494 g/mol. The van der Waals surface area contributed by atoms with Gasteiger partial charge >= 0.3 is 0 Å². The van der Waals surface area contributed by atoms with E-state index in [-0.39, 0.29) is 17.3 Å². The number of para-hydroxylation sites is 1. The number of unbranched alkanes of at least 4 members (excludes halogenated alkanes) is 4. The molecule has 3 aromatic rings. The number of benzene rings is 2. The van der Waals surface area contributed by atoms with Gasteiger partial charge in [-0.25, -0.2) is 9.37 Å². The number of amides is 1. The number of fused-ring (bicyclic) bond motifs is 1. The fraction of sp³-hybridized carbons (Fsp3) is 0.483. The molecule has 0 fully saturated rings. The van der Waals surface area contributed by atoms with Crippen molar-refractivity contribution in [2.45, 2.75) is 64.8 Å². The van der Waals surface area contributed by atoms with Gasteiger partial charge in [-0.1, -0.05) is 51.7 Å². The summed E-state index contributed by atoms with van der Waals surface area (Å²) in [5, 5.41) is 0.488. The van der Waals surface area contributed by atoms with Crippen LogP contribution in [0.5, 0.6) is 0 Å². The predicted octanol–water partition coefficient (Wildman–Crippen LogP) is 5.73. The molecule has 7 heteroatoms. The third-order valence-electron chi connectivity index (χ3n) is 6.55. The fourth-order valence-corrected chi connectivity index (χ4v) is 4.54. The van der Waals surface area contributed by atoms with E-state index >= 15 is 0 Å². The Morgan fingerprint density at radius 3 is 2.33 bits per heavy atom. The molecule has 0 aliphatic rings. The molecule has 0 radical (unpaired) electrons. The van der Waals surface area contributed by atoms with Gasteiger partial charge in [-0.15, -0.1) is 0 Å². The SMILES string of the molecule is CCCCCCCC(=O)N(CCN(C)C)C(CC)c1nc2ccccc2c(=O)n1-c1ccc(F)cc1. The number of nitrogens with zero attached hydrogens (tertiary/aromatic N) is 4. The Labute approximate surface area is 213 Å². The molecule has 0 saturated heterocycles. The van der Waals surface area contributed by atoms with E-state index < -0.39 is 6.04 Å². The van der Waals surface area contributed by atoms with Gasteiger partial charge in [0.15, 0.2) is 0 Å². The van der Waals surface area contributed by atoms with E-state index in [1.54, 1.807) is 22.8 Å². The Balaban J connectivity index is 2.08. The maximum absolute atomic E-state index is 13.7. The largest absolute Gasteiger partial charge is 0.331 e. The quantitative estimate of drug-likeness (QED) is 0.285. The minimum Gasteiger partial charge on any atom is -0.331 e. The number of halogens is 1. The van der Waals surface area contributed by atoms with Gasteiger partial charge in [0.2, 0.25) is 5.91 Å². The van der Waals surface area contributed by atoms with Crippen molar-refractivity contribution >= 4 is 16.8 Å². The number of carbonyl (C=O) groups excluding carboxylic acids is 1. The van der Waals surface area contributed by atoms with Crippen molar-refractivity contribution in [2.75, 3.05) is 27.2 Å². The van der Waals surface area contributed by atoms with Crippen molar-refractivity contribution in [3.63, 3.8) is 0 Å². The summed E-state index contributed by atoms with van der Waals surface area (Å²) in [4.78, 5) is 36.1. The molecule has 0 aliphatic carbocycles. The number of hydrogen-bond donors (Lipinski definition) is 0. The van der Waals surface area contributed by atoms with E-state index in [1.165, 1.54) is 18.6 Å². The number of rotatable bonds is 13. The first-order valence-electron chi connectivity index (χ1n) is 13.1. The van der Waals surface area contributed by atoms with Crippen molar-refractivity contribution in [1.29, 1.82) is 0 Å². The van der Waals surface area contributed by atoms with E-state index in [0.717, 1.165) is 25.7 Å². The van der Waals surface area contributed by atoms with Crippen LogP contribution in [0.4, 0.5) is 4.39 Å². The lowest BCUT2D eigenvalue weighted by atomic mass is 10.1. The van der Waals surface area contributed by atoms with E-state index in [4.69, 9.17) is 4.98 Å². The zero-order valence-corrected chi connectivity index (χ0v) is 22.0. The molecule has 0 spiro atoms. The standard InChI is InChI=1S/C29H39FN4O2/c1-5-7-8-9-10-15-27(35)33(21-20-32(3)4)26(6-2)28-31-25-14-12-11-13-24(25)29(36)34(28)23-18-16-22(30)17-19-23/h11-14,16-19,26H,5-10,15,20-21H2,1-4H3. The minimum atomic E-state index is -0.393. The van der Waals surface area contributed by atoms with Gasteiger partial charge in [0, 0.05) is 19.5 Å². The summed E-state index contributed by atoms with van der Waals surface area (Å²) in [6.07, 6.45) is 6.44. The second-order valence-corrected chi connectivity index (χ2v) is 9.58. The van der Waals surface area contributed by atoms with Crippen molar-refractivity contribution in [3.05, 3.63) is 70.5 Å². The molecule has 0 aliphatic heterocycles. The molecule has 3 rings (SSSR count). The van der Waals surface area contributed by atoms with E-state index in [0.29, 0.717) is 48.3 Å². The summed E-state index contributed by atoms with van der Waals surface area (Å²) in [7, 11) is 3.97. The van der Waals surface area contributed by atoms with Crippen LogP contribution in [0.15, 0.2) is 53.3 Å². The molecule has 2 aromatic carbocycles. The maximum Gasteiger partial charge on any atom is 0.266 e. The van der Waals surface area contributed by atoms with Gasteiger partial charge in [-0.3, -0.25) is 14.2 Å². The highest BCUT2D eigenvalue weighted by molar-refractivity contribution is 5.79. The molecule has 0 N–H and O–H groups in total. The van der Waals surface area contributed by atoms with Gasteiger partial charge < -0.3 is 9.80 Å². The zero-order chi connectivity index (χ0) is 26.1. The molecule has 6 nitrogen and oxygen atoms in total. The average Bonchev–Trinajstić information content (AvgIpc) is 2.87. The second kappa shape index (κ2) is 13.3. The van der Waals surface area contributed by atoms with Crippen molar-refractivity contribution < 1.29 is 9.18 Å². The van der Waals surface area contributed by atoms with Crippen LogP contribution >= 0.6 is 0 Å². The summed E-state index contributed by atoms with van der Waals surface area (Å²) in [6.45, 7) is 5.42. The predicted molar refractivity (Wildman–Crippen MR) is 144 cm³/mol. The van der Waals surface area contributed by atoms with Crippen LogP contribution in [0, 0.1) is 5.82 Å². The molecule has 1 aromatic heterocycles. The van der Waals surface area contributed by atoms with Gasteiger partial charge in [0.1, 0.15) is 11.6 Å². The number of carbonyl (C=O) groups is 1. The summed E-state index contributed by atoms with van der Waals surface area (Å²) in [5.74, 6) is 0.208. The molecule has 1 amide bonds. The molecular formula is C29H39FN4O2. The lowest BCUT2D eigenvalue weighted by molar-refractivity contribution is -0.134. The lowest BCUT2D eigenvalue weighted by Crippen LogP contribution is -2.41. The van der Waals surface area contributed by atoms with Gasteiger partial charge in [0.25, 0.3) is 5.56 Å². The highest BCUT2D eigenvalue weighted by Crippen LogP contribution is 2.27. The summed E-state index contributed by atoms with van der Waals surface area (Å²) in [5.41, 5.74) is 0.904. The van der Waals surface area contributed by atoms with Crippen molar-refractivity contribution in [1.82, 2.24) is 19.4 Å². The lowest BCUT2D eigenvalue weighted by Gasteiger charge is -2.33. The van der Waals surface area contributed by atoms with Crippen LogP contribution in [-0.4, -0.2) is 52.4 Å². The van der Waals surface area contributed by atoms with Crippen LogP contribution in [0.25, 0.3) is 16.6 Å². The van der Waals surface area contributed by atoms with Crippen molar-refractivity contribution in [3.8, 4) is 5.69 Å². The first-order chi connectivity index (χ1) is 17.4. The van der Waals surface area contributed by atoms with E-state index in [2.05, 4.69) is 11.8 Å². The third-order valence-corrected chi connectivity index (χ3v) is 6.55.